The summed E-state index contributed by atoms with van der Waals surface area (Å²) in [7, 11) is 1.86. The predicted molar refractivity (Wildman–Crippen MR) is 94.5 cm³/mol. The molecule has 0 radical (unpaired) electrons. The average molecular weight is 340 g/mol. The monoisotopic (exact) mass is 339 g/mol. The summed E-state index contributed by atoms with van der Waals surface area (Å²) in [5.41, 5.74) is 5.91. The Hall–Kier alpha value is -0.950. The second-order valence-corrected chi connectivity index (χ2v) is 8.22. The third kappa shape index (κ3) is 4.76. The summed E-state index contributed by atoms with van der Waals surface area (Å²) >= 11 is 1.74. The van der Waals surface area contributed by atoms with E-state index in [2.05, 4.69) is 22.4 Å². The summed E-state index contributed by atoms with van der Waals surface area (Å²) in [5.74, 6) is 0.00677. The standard InChI is InChI=1S/C17H29N3O2S/c1-17(2,3)15(18)16(21)19(4)12-13(14-6-5-11-23-14)20-7-9-22-10-8-20/h5-6,11,13,15H,7-10,12,18H2,1-4H3/t13?,15-/m1/s1. The highest BCUT2D eigenvalue weighted by Crippen LogP contribution is 2.27. The molecule has 1 fully saturated rings. The molecule has 2 heterocycles. The van der Waals surface area contributed by atoms with Crippen molar-refractivity contribution in [3.63, 3.8) is 0 Å². The number of hydrogen-bond acceptors (Lipinski definition) is 5. The fourth-order valence-corrected chi connectivity index (χ4v) is 3.56. The molecule has 2 atom stereocenters. The fraction of sp³-hybridized carbons (Fsp3) is 0.706. The van der Waals surface area contributed by atoms with Gasteiger partial charge >= 0.3 is 0 Å². The number of ether oxygens (including phenoxy) is 1. The van der Waals surface area contributed by atoms with Crippen molar-refractivity contribution < 1.29 is 9.53 Å². The number of thiophene rings is 1. The molecular formula is C17H29N3O2S. The van der Waals surface area contributed by atoms with E-state index in [0.717, 1.165) is 26.3 Å². The van der Waals surface area contributed by atoms with Gasteiger partial charge < -0.3 is 15.4 Å². The van der Waals surface area contributed by atoms with E-state index in [0.29, 0.717) is 6.54 Å². The summed E-state index contributed by atoms with van der Waals surface area (Å²) in [4.78, 5) is 18.1. The first-order valence-corrected chi connectivity index (χ1v) is 9.04. The minimum atomic E-state index is -0.485. The lowest BCUT2D eigenvalue weighted by Gasteiger charge is -2.37. The molecule has 1 saturated heterocycles. The SMILES string of the molecule is CN(CC(c1cccs1)N1CCOCC1)C(=O)[C@@H](N)C(C)(C)C. The van der Waals surface area contributed by atoms with Gasteiger partial charge in [0.05, 0.1) is 25.3 Å². The normalized spacial score (nSPS) is 19.3. The van der Waals surface area contributed by atoms with Gasteiger partial charge in [-0.3, -0.25) is 9.69 Å². The van der Waals surface area contributed by atoms with Gasteiger partial charge in [-0.25, -0.2) is 0 Å². The van der Waals surface area contributed by atoms with Crippen LogP contribution in [0.2, 0.25) is 0 Å². The molecule has 130 valence electrons. The Bertz CT molecular complexity index is 492. The predicted octanol–water partition coefficient (Wildman–Crippen LogP) is 1.95. The lowest BCUT2D eigenvalue weighted by Crippen LogP contribution is -2.51. The number of nitrogens with zero attached hydrogens (tertiary/aromatic N) is 2. The minimum absolute atomic E-state index is 0.00677. The number of rotatable bonds is 5. The minimum Gasteiger partial charge on any atom is -0.379 e. The fourth-order valence-electron chi connectivity index (χ4n) is 2.71. The Morgan fingerprint density at radius 1 is 1.43 bits per heavy atom. The summed E-state index contributed by atoms with van der Waals surface area (Å²) in [6.07, 6.45) is 0. The summed E-state index contributed by atoms with van der Waals surface area (Å²) in [5, 5.41) is 2.09. The van der Waals surface area contributed by atoms with Crippen molar-refractivity contribution in [2.75, 3.05) is 39.9 Å². The second kappa shape index (κ2) is 7.75. The number of nitrogens with two attached hydrogens (primary N) is 1. The molecule has 0 spiro atoms. The number of morpholine rings is 1. The van der Waals surface area contributed by atoms with Crippen molar-refractivity contribution in [3.05, 3.63) is 22.4 Å². The van der Waals surface area contributed by atoms with Crippen LogP contribution in [0.15, 0.2) is 17.5 Å². The van der Waals surface area contributed by atoms with Crippen LogP contribution in [-0.4, -0.2) is 61.6 Å². The van der Waals surface area contributed by atoms with Gasteiger partial charge in [0, 0.05) is 31.6 Å². The first-order chi connectivity index (χ1) is 10.8. The van der Waals surface area contributed by atoms with Crippen molar-refractivity contribution >= 4 is 17.2 Å². The zero-order chi connectivity index (χ0) is 17.0. The summed E-state index contributed by atoms with van der Waals surface area (Å²) < 4.78 is 5.46. The van der Waals surface area contributed by atoms with Crippen LogP contribution >= 0.6 is 11.3 Å². The highest BCUT2D eigenvalue weighted by atomic mass is 32.1. The maximum Gasteiger partial charge on any atom is 0.239 e. The maximum atomic E-state index is 12.6. The van der Waals surface area contributed by atoms with E-state index in [1.165, 1.54) is 4.88 Å². The Morgan fingerprint density at radius 2 is 2.09 bits per heavy atom. The Kier molecular flexibility index (Phi) is 6.19. The van der Waals surface area contributed by atoms with Crippen LogP contribution in [0.3, 0.4) is 0 Å². The van der Waals surface area contributed by atoms with E-state index in [1.54, 1.807) is 16.2 Å². The molecule has 23 heavy (non-hydrogen) atoms. The van der Waals surface area contributed by atoms with E-state index in [9.17, 15) is 4.79 Å². The van der Waals surface area contributed by atoms with Crippen LogP contribution in [0, 0.1) is 5.41 Å². The molecule has 0 aromatic carbocycles. The molecule has 1 aliphatic heterocycles. The van der Waals surface area contributed by atoms with Crippen molar-refractivity contribution in [1.82, 2.24) is 9.80 Å². The van der Waals surface area contributed by atoms with E-state index in [-0.39, 0.29) is 17.4 Å². The molecule has 6 heteroatoms. The molecule has 2 rings (SSSR count). The topological polar surface area (TPSA) is 58.8 Å². The number of hydrogen-bond donors (Lipinski definition) is 1. The van der Waals surface area contributed by atoms with Crippen molar-refractivity contribution in [3.8, 4) is 0 Å². The van der Waals surface area contributed by atoms with Crippen LogP contribution in [0.5, 0.6) is 0 Å². The average Bonchev–Trinajstić information content (AvgIpc) is 3.05. The molecule has 0 saturated carbocycles. The molecule has 0 aliphatic carbocycles. The smallest absolute Gasteiger partial charge is 0.239 e. The maximum absolute atomic E-state index is 12.6. The van der Waals surface area contributed by atoms with Gasteiger partial charge in [0.2, 0.25) is 5.91 Å². The van der Waals surface area contributed by atoms with E-state index >= 15 is 0 Å². The quantitative estimate of drug-likeness (QED) is 0.891. The van der Waals surface area contributed by atoms with Gasteiger partial charge in [0.15, 0.2) is 0 Å². The number of likely N-dealkylation sites (N-methyl/N-ethyl adjacent to an activating group) is 1. The van der Waals surface area contributed by atoms with Crippen molar-refractivity contribution in [1.29, 1.82) is 0 Å². The molecule has 1 aliphatic rings. The molecule has 1 amide bonds. The third-order valence-electron chi connectivity index (χ3n) is 4.38. The molecule has 0 bridgehead atoms. The molecule has 1 aromatic heterocycles. The highest BCUT2D eigenvalue weighted by Gasteiger charge is 2.32. The Morgan fingerprint density at radius 3 is 2.61 bits per heavy atom. The lowest BCUT2D eigenvalue weighted by atomic mass is 9.86. The van der Waals surface area contributed by atoms with Crippen LogP contribution in [0.4, 0.5) is 0 Å². The molecule has 1 aromatic rings. The van der Waals surface area contributed by atoms with Crippen LogP contribution < -0.4 is 5.73 Å². The lowest BCUT2D eigenvalue weighted by molar-refractivity contribution is -0.134. The first-order valence-electron chi connectivity index (χ1n) is 8.16. The molecular weight excluding hydrogens is 310 g/mol. The Labute approximate surface area is 143 Å². The molecule has 1 unspecified atom stereocenters. The summed E-state index contributed by atoms with van der Waals surface area (Å²) in [6.45, 7) is 9.96. The van der Waals surface area contributed by atoms with Crippen molar-refractivity contribution in [2.24, 2.45) is 11.1 Å². The van der Waals surface area contributed by atoms with Gasteiger partial charge in [-0.2, -0.15) is 0 Å². The zero-order valence-electron chi connectivity index (χ0n) is 14.6. The van der Waals surface area contributed by atoms with Crippen molar-refractivity contribution in [2.45, 2.75) is 32.9 Å². The number of carbonyl (C=O) groups excluding carboxylic acids is 1. The second-order valence-electron chi connectivity index (χ2n) is 7.24. The largest absolute Gasteiger partial charge is 0.379 e. The van der Waals surface area contributed by atoms with Gasteiger partial charge in [0.25, 0.3) is 0 Å². The first kappa shape index (κ1) is 18.4. The van der Waals surface area contributed by atoms with Crippen LogP contribution in [-0.2, 0) is 9.53 Å². The van der Waals surface area contributed by atoms with E-state index < -0.39 is 6.04 Å². The number of amides is 1. The van der Waals surface area contributed by atoms with Gasteiger partial charge in [-0.1, -0.05) is 26.8 Å². The zero-order valence-corrected chi connectivity index (χ0v) is 15.4. The summed E-state index contributed by atoms with van der Waals surface area (Å²) in [6, 6.07) is 3.93. The van der Waals surface area contributed by atoms with Gasteiger partial charge in [0.1, 0.15) is 0 Å². The van der Waals surface area contributed by atoms with Gasteiger partial charge in [-0.15, -0.1) is 11.3 Å². The van der Waals surface area contributed by atoms with E-state index in [1.807, 2.05) is 27.8 Å². The number of carbonyl (C=O) groups is 1. The van der Waals surface area contributed by atoms with Crippen LogP contribution in [0.1, 0.15) is 31.7 Å². The molecule has 5 nitrogen and oxygen atoms in total. The highest BCUT2D eigenvalue weighted by molar-refractivity contribution is 7.10. The van der Waals surface area contributed by atoms with E-state index in [4.69, 9.17) is 10.5 Å². The molecule has 2 N–H and O–H groups in total. The van der Waals surface area contributed by atoms with Crippen LogP contribution in [0.25, 0.3) is 0 Å². The Balaban J connectivity index is 2.09. The third-order valence-corrected chi connectivity index (χ3v) is 5.35. The van der Waals surface area contributed by atoms with Gasteiger partial charge in [-0.05, 0) is 16.9 Å².